The normalized spacial score (nSPS) is 11.9. The van der Waals surface area contributed by atoms with E-state index in [0.717, 1.165) is 16.9 Å². The van der Waals surface area contributed by atoms with Crippen LogP contribution in [0, 0.1) is 0 Å². The fourth-order valence-corrected chi connectivity index (χ4v) is 3.22. The minimum absolute atomic E-state index is 0.0526. The summed E-state index contributed by atoms with van der Waals surface area (Å²) in [5, 5.41) is 11.1. The van der Waals surface area contributed by atoms with Crippen LogP contribution in [0.2, 0.25) is 0 Å². The highest BCUT2D eigenvalue weighted by molar-refractivity contribution is 5.97. The number of carbonyl (C=O) groups is 1. The molecule has 0 unspecified atom stereocenters. The quantitative estimate of drug-likeness (QED) is 0.543. The number of likely N-dealkylation sites (N-methyl/N-ethyl adjacent to an activating group) is 1. The second-order valence-electron chi connectivity index (χ2n) is 6.89. The summed E-state index contributed by atoms with van der Waals surface area (Å²) in [5.41, 5.74) is 5.63. The molecule has 3 aromatic rings. The van der Waals surface area contributed by atoms with Crippen molar-refractivity contribution in [3.05, 3.63) is 63.1 Å². The van der Waals surface area contributed by atoms with Gasteiger partial charge in [0.1, 0.15) is 18.2 Å². The van der Waals surface area contributed by atoms with Crippen LogP contribution in [0.25, 0.3) is 0 Å². The molecule has 1 amide bonds. The monoisotopic (exact) mass is 412 g/mol. The van der Waals surface area contributed by atoms with Gasteiger partial charge in [0, 0.05) is 20.0 Å². The van der Waals surface area contributed by atoms with E-state index in [1.54, 1.807) is 0 Å². The van der Waals surface area contributed by atoms with Gasteiger partial charge in [-0.25, -0.2) is 9.48 Å². The molecule has 1 aromatic carbocycles. The molecule has 0 saturated heterocycles. The highest BCUT2D eigenvalue weighted by Gasteiger charge is 2.29. The van der Waals surface area contributed by atoms with Crippen molar-refractivity contribution in [1.29, 1.82) is 0 Å². The van der Waals surface area contributed by atoms with Gasteiger partial charge in [-0.3, -0.25) is 19.1 Å². The number of nitrogens with one attached hydrogen (secondary N) is 1. The number of tetrazole rings is 1. The van der Waals surface area contributed by atoms with E-state index in [9.17, 15) is 14.4 Å². The average molecular weight is 412 g/mol. The van der Waals surface area contributed by atoms with E-state index in [-0.39, 0.29) is 11.5 Å². The molecule has 0 aliphatic heterocycles. The largest absolute Gasteiger partial charge is 0.383 e. The Balaban J connectivity index is 1.99. The molecule has 0 fully saturated rings. The molecular weight excluding hydrogens is 388 g/mol. The van der Waals surface area contributed by atoms with Crippen molar-refractivity contribution < 1.29 is 4.79 Å². The summed E-state index contributed by atoms with van der Waals surface area (Å²) >= 11 is 0. The molecule has 158 valence electrons. The average Bonchev–Trinajstić information content (AvgIpc) is 3.26. The van der Waals surface area contributed by atoms with E-state index in [1.807, 2.05) is 37.3 Å². The van der Waals surface area contributed by atoms with Gasteiger partial charge in [-0.15, -0.1) is 5.10 Å². The zero-order chi connectivity index (χ0) is 21.7. The summed E-state index contributed by atoms with van der Waals surface area (Å²) in [4.78, 5) is 41.5. The summed E-state index contributed by atoms with van der Waals surface area (Å²) in [6.07, 6.45) is 3.19. The molecule has 2 heterocycles. The molecule has 30 heavy (non-hydrogen) atoms. The predicted molar refractivity (Wildman–Crippen MR) is 111 cm³/mol. The van der Waals surface area contributed by atoms with E-state index in [4.69, 9.17) is 5.73 Å². The van der Waals surface area contributed by atoms with Gasteiger partial charge in [-0.2, -0.15) is 0 Å². The lowest BCUT2D eigenvalue weighted by Gasteiger charge is -2.25. The van der Waals surface area contributed by atoms with E-state index < -0.39 is 23.2 Å². The van der Waals surface area contributed by atoms with Gasteiger partial charge in [0.05, 0.1) is 0 Å². The Kier molecular flexibility index (Phi) is 6.40. The highest BCUT2D eigenvalue weighted by Crippen LogP contribution is 2.21. The van der Waals surface area contributed by atoms with E-state index in [0.29, 0.717) is 19.4 Å². The molecule has 0 bridgehead atoms. The first kappa shape index (κ1) is 21.0. The number of rotatable bonds is 8. The van der Waals surface area contributed by atoms with Gasteiger partial charge in [0.15, 0.2) is 5.69 Å². The summed E-state index contributed by atoms with van der Waals surface area (Å²) in [6, 6.07) is 8.58. The standard InChI is InChI=1S/C19H24N8O3/c1-3-4-10-26-16(20)15(17(28)22-19(26)30)25(2)18(29)14(27-12-21-23-24-27)11-13-8-6-5-7-9-13/h5-9,12,14H,3-4,10-11,20H2,1-2H3,(H,22,28,30)/t14-/m0/s1. The number of aromatic nitrogens is 6. The van der Waals surface area contributed by atoms with Crippen molar-refractivity contribution in [2.45, 2.75) is 38.8 Å². The van der Waals surface area contributed by atoms with Crippen LogP contribution in [0.4, 0.5) is 11.5 Å². The van der Waals surface area contributed by atoms with Crippen LogP contribution in [0.15, 0.2) is 46.2 Å². The van der Waals surface area contributed by atoms with Crippen LogP contribution < -0.4 is 21.9 Å². The van der Waals surface area contributed by atoms with E-state index in [1.165, 1.54) is 22.6 Å². The second kappa shape index (κ2) is 9.16. The van der Waals surface area contributed by atoms with Gasteiger partial charge in [-0.1, -0.05) is 43.7 Å². The Morgan fingerprint density at radius 2 is 2.00 bits per heavy atom. The molecule has 11 nitrogen and oxygen atoms in total. The molecule has 3 rings (SSSR count). The van der Waals surface area contributed by atoms with Crippen LogP contribution >= 0.6 is 0 Å². The minimum Gasteiger partial charge on any atom is -0.383 e. The summed E-state index contributed by atoms with van der Waals surface area (Å²) in [6.45, 7) is 2.32. The Morgan fingerprint density at radius 3 is 2.63 bits per heavy atom. The predicted octanol–water partition coefficient (Wildman–Crippen LogP) is 0.352. The molecule has 0 spiro atoms. The number of nitrogens with two attached hydrogens (primary N) is 1. The topological polar surface area (TPSA) is 145 Å². The molecule has 3 N–H and O–H groups in total. The van der Waals surface area contributed by atoms with Gasteiger partial charge in [-0.05, 0) is 22.4 Å². The highest BCUT2D eigenvalue weighted by atomic mass is 16.2. The maximum absolute atomic E-state index is 13.4. The maximum atomic E-state index is 13.4. The number of hydrogen-bond donors (Lipinski definition) is 2. The molecule has 0 radical (unpaired) electrons. The van der Waals surface area contributed by atoms with Crippen molar-refractivity contribution in [3.8, 4) is 0 Å². The first-order valence-electron chi connectivity index (χ1n) is 9.60. The van der Waals surface area contributed by atoms with Crippen LogP contribution in [0.5, 0.6) is 0 Å². The Labute approximate surface area is 172 Å². The van der Waals surface area contributed by atoms with Crippen molar-refractivity contribution in [2.24, 2.45) is 0 Å². The number of aromatic amines is 1. The molecule has 2 aromatic heterocycles. The summed E-state index contributed by atoms with van der Waals surface area (Å²) < 4.78 is 2.61. The third-order valence-electron chi connectivity index (χ3n) is 4.86. The van der Waals surface area contributed by atoms with Crippen molar-refractivity contribution >= 4 is 17.4 Å². The molecule has 0 aliphatic carbocycles. The fourth-order valence-electron chi connectivity index (χ4n) is 3.22. The zero-order valence-electron chi connectivity index (χ0n) is 16.9. The number of unbranched alkanes of at least 4 members (excludes halogenated alkanes) is 1. The number of benzene rings is 1. The van der Waals surface area contributed by atoms with Crippen LogP contribution in [0.1, 0.15) is 31.4 Å². The van der Waals surface area contributed by atoms with Crippen LogP contribution in [0.3, 0.4) is 0 Å². The minimum atomic E-state index is -0.804. The number of nitrogen functional groups attached to an aromatic ring is 1. The Bertz CT molecular complexity index is 1110. The molecule has 0 aliphatic rings. The third-order valence-corrected chi connectivity index (χ3v) is 4.86. The summed E-state index contributed by atoms with van der Waals surface area (Å²) in [5.74, 6) is -0.493. The lowest BCUT2D eigenvalue weighted by atomic mass is 10.0. The molecule has 11 heteroatoms. The van der Waals surface area contributed by atoms with Gasteiger partial charge < -0.3 is 10.6 Å². The fraction of sp³-hybridized carbons (Fsp3) is 0.368. The van der Waals surface area contributed by atoms with E-state index in [2.05, 4.69) is 20.5 Å². The van der Waals surface area contributed by atoms with Crippen molar-refractivity contribution in [2.75, 3.05) is 17.7 Å². The van der Waals surface area contributed by atoms with Gasteiger partial charge in [0.25, 0.3) is 11.5 Å². The number of carbonyl (C=O) groups excluding carboxylic acids is 1. The number of hydrogen-bond acceptors (Lipinski definition) is 7. The molecule has 1 atom stereocenters. The number of anilines is 2. The summed E-state index contributed by atoms with van der Waals surface area (Å²) in [7, 11) is 1.44. The van der Waals surface area contributed by atoms with E-state index >= 15 is 0 Å². The second-order valence-corrected chi connectivity index (χ2v) is 6.89. The molecular formula is C19H24N8O3. The zero-order valence-corrected chi connectivity index (χ0v) is 16.9. The first-order chi connectivity index (χ1) is 14.4. The number of H-pyrrole nitrogens is 1. The lowest BCUT2D eigenvalue weighted by Crippen LogP contribution is -2.42. The smallest absolute Gasteiger partial charge is 0.330 e. The van der Waals surface area contributed by atoms with Gasteiger partial charge in [0.2, 0.25) is 0 Å². The van der Waals surface area contributed by atoms with Gasteiger partial charge >= 0.3 is 5.69 Å². The Hall–Kier alpha value is -3.76. The number of amides is 1. The lowest BCUT2D eigenvalue weighted by molar-refractivity contribution is -0.121. The first-order valence-corrected chi connectivity index (χ1v) is 9.60. The third kappa shape index (κ3) is 4.29. The van der Waals surface area contributed by atoms with Crippen molar-refractivity contribution in [3.63, 3.8) is 0 Å². The number of nitrogens with zero attached hydrogens (tertiary/aromatic N) is 6. The SMILES string of the molecule is CCCCn1c(N)c(N(C)C(=O)[C@H](Cc2ccccc2)n2cnnn2)c(=O)[nH]c1=O. The van der Waals surface area contributed by atoms with Crippen LogP contribution in [-0.2, 0) is 17.8 Å². The van der Waals surface area contributed by atoms with Crippen LogP contribution in [-0.4, -0.2) is 42.7 Å². The van der Waals surface area contributed by atoms with Crippen molar-refractivity contribution in [1.82, 2.24) is 29.8 Å². The maximum Gasteiger partial charge on any atom is 0.330 e. The molecule has 0 saturated carbocycles. The Morgan fingerprint density at radius 1 is 1.27 bits per heavy atom.